The van der Waals surface area contributed by atoms with Crippen molar-refractivity contribution in [3.05, 3.63) is 58.8 Å². The third-order valence-electron chi connectivity index (χ3n) is 4.75. The van der Waals surface area contributed by atoms with E-state index in [-0.39, 0.29) is 10.6 Å². The topological polar surface area (TPSA) is 87.4 Å². The Morgan fingerprint density at radius 2 is 1.89 bits per heavy atom. The van der Waals surface area contributed by atoms with Crippen molar-refractivity contribution in [1.82, 2.24) is 19.9 Å². The highest BCUT2D eigenvalue weighted by Crippen LogP contribution is 2.31. The van der Waals surface area contributed by atoms with Crippen molar-refractivity contribution in [2.45, 2.75) is 0 Å². The van der Waals surface area contributed by atoms with Gasteiger partial charge in [-0.2, -0.15) is 0 Å². The number of nitrogens with zero attached hydrogens (tertiary/aromatic N) is 5. The number of hydrogen-bond acceptors (Lipinski definition) is 7. The number of nitro benzene ring substituents is 1. The molecule has 0 radical (unpaired) electrons. The van der Waals surface area contributed by atoms with Crippen LogP contribution in [0.2, 0.25) is 0 Å². The van der Waals surface area contributed by atoms with E-state index >= 15 is 0 Å². The molecule has 2 heterocycles. The molecular formula is C19H20N6O2. The van der Waals surface area contributed by atoms with Crippen molar-refractivity contribution in [3.8, 4) is 11.1 Å². The van der Waals surface area contributed by atoms with Crippen LogP contribution in [0.15, 0.2) is 48.7 Å². The highest BCUT2D eigenvalue weighted by molar-refractivity contribution is 5.86. The van der Waals surface area contributed by atoms with Gasteiger partial charge in [0.15, 0.2) is 0 Å². The zero-order chi connectivity index (χ0) is 18.8. The van der Waals surface area contributed by atoms with Gasteiger partial charge in [-0.25, -0.2) is 15.0 Å². The Hall–Kier alpha value is -3.10. The maximum absolute atomic E-state index is 11.3. The molecule has 0 bridgehead atoms. The summed E-state index contributed by atoms with van der Waals surface area (Å²) in [6.07, 6.45) is 1.75. The number of aromatic nitrogens is 2. The molecule has 27 heavy (non-hydrogen) atoms. The normalized spacial score (nSPS) is 15.7. The zero-order valence-corrected chi connectivity index (χ0v) is 15.0. The van der Waals surface area contributed by atoms with Crippen LogP contribution in [-0.2, 0) is 0 Å². The van der Waals surface area contributed by atoms with Crippen molar-refractivity contribution in [2.24, 2.45) is 0 Å². The smallest absolute Gasteiger partial charge is 0.277 e. The first-order valence-electron chi connectivity index (χ1n) is 8.81. The monoisotopic (exact) mass is 364 g/mol. The molecule has 1 saturated heterocycles. The summed E-state index contributed by atoms with van der Waals surface area (Å²) in [4.78, 5) is 22.2. The van der Waals surface area contributed by atoms with Crippen LogP contribution in [0.3, 0.4) is 0 Å². The Kier molecular flexibility index (Phi) is 4.66. The van der Waals surface area contributed by atoms with E-state index in [4.69, 9.17) is 0 Å². The summed E-state index contributed by atoms with van der Waals surface area (Å²) in [6.45, 7) is 3.82. The van der Waals surface area contributed by atoms with Gasteiger partial charge in [-0.15, -0.1) is 0 Å². The van der Waals surface area contributed by atoms with Gasteiger partial charge < -0.3 is 4.90 Å². The van der Waals surface area contributed by atoms with E-state index in [0.717, 1.165) is 42.6 Å². The van der Waals surface area contributed by atoms with Crippen molar-refractivity contribution in [1.29, 1.82) is 0 Å². The minimum atomic E-state index is -0.362. The molecule has 0 spiro atoms. The second-order valence-electron chi connectivity index (χ2n) is 6.64. The molecule has 1 fully saturated rings. The second kappa shape index (κ2) is 7.26. The fourth-order valence-electron chi connectivity index (χ4n) is 3.19. The van der Waals surface area contributed by atoms with Gasteiger partial charge in [0.05, 0.1) is 16.0 Å². The molecule has 4 rings (SSSR count). The number of nitrogens with one attached hydrogen (secondary N) is 1. The van der Waals surface area contributed by atoms with Crippen LogP contribution in [0.5, 0.6) is 0 Å². The molecule has 1 N–H and O–H groups in total. The minimum Gasteiger partial charge on any atom is -0.304 e. The van der Waals surface area contributed by atoms with Crippen LogP contribution in [0.4, 0.5) is 11.6 Å². The van der Waals surface area contributed by atoms with Gasteiger partial charge in [-0.05, 0) is 30.8 Å². The average Bonchev–Trinajstić information content (AvgIpc) is 2.69. The summed E-state index contributed by atoms with van der Waals surface area (Å²) in [7, 11) is 2.11. The van der Waals surface area contributed by atoms with Gasteiger partial charge >= 0.3 is 0 Å². The lowest BCUT2D eigenvalue weighted by Gasteiger charge is -2.32. The maximum atomic E-state index is 11.3. The van der Waals surface area contributed by atoms with Gasteiger partial charge in [0.25, 0.3) is 5.69 Å². The van der Waals surface area contributed by atoms with Crippen LogP contribution < -0.4 is 5.43 Å². The lowest BCUT2D eigenvalue weighted by molar-refractivity contribution is -0.384. The number of rotatable bonds is 4. The van der Waals surface area contributed by atoms with Gasteiger partial charge in [0, 0.05) is 43.8 Å². The molecule has 0 atom stereocenters. The summed E-state index contributed by atoms with van der Waals surface area (Å²) < 4.78 is 0. The van der Waals surface area contributed by atoms with Crippen LogP contribution in [0, 0.1) is 10.1 Å². The summed E-state index contributed by atoms with van der Waals surface area (Å²) in [5, 5.41) is 14.2. The first-order valence-corrected chi connectivity index (χ1v) is 8.81. The van der Waals surface area contributed by atoms with Crippen LogP contribution in [0.25, 0.3) is 22.0 Å². The number of piperazine rings is 1. The molecule has 1 aliphatic heterocycles. The predicted octanol–water partition coefficient (Wildman–Crippen LogP) is 2.78. The van der Waals surface area contributed by atoms with E-state index in [1.54, 1.807) is 24.4 Å². The lowest BCUT2D eigenvalue weighted by Crippen LogP contribution is -2.47. The molecular weight excluding hydrogens is 344 g/mol. The van der Waals surface area contributed by atoms with Crippen LogP contribution >= 0.6 is 0 Å². The minimum absolute atomic E-state index is 0.0890. The fraction of sp³-hybridized carbons (Fsp3) is 0.263. The zero-order valence-electron chi connectivity index (χ0n) is 15.0. The molecule has 3 aromatic rings. The van der Waals surface area contributed by atoms with Gasteiger partial charge in [-0.3, -0.25) is 15.5 Å². The van der Waals surface area contributed by atoms with Crippen LogP contribution in [-0.4, -0.2) is 58.0 Å². The molecule has 1 aliphatic rings. The number of hydrazine groups is 1. The Balaban J connectivity index is 1.60. The Morgan fingerprint density at radius 1 is 1.11 bits per heavy atom. The molecule has 0 amide bonds. The molecule has 1 aromatic heterocycles. The highest BCUT2D eigenvalue weighted by atomic mass is 16.6. The highest BCUT2D eigenvalue weighted by Gasteiger charge is 2.16. The Morgan fingerprint density at radius 3 is 2.67 bits per heavy atom. The van der Waals surface area contributed by atoms with Crippen molar-refractivity contribution in [2.75, 3.05) is 38.7 Å². The van der Waals surface area contributed by atoms with Gasteiger partial charge in [0.2, 0.25) is 5.95 Å². The van der Waals surface area contributed by atoms with Gasteiger partial charge in [-0.1, -0.05) is 18.2 Å². The summed E-state index contributed by atoms with van der Waals surface area (Å²) in [6, 6.07) is 12.4. The predicted molar refractivity (Wildman–Crippen MR) is 104 cm³/mol. The number of benzene rings is 2. The molecule has 0 saturated carbocycles. The molecule has 0 unspecified atom stereocenters. The number of anilines is 1. The van der Waals surface area contributed by atoms with E-state index in [2.05, 4.69) is 32.4 Å². The molecule has 8 nitrogen and oxygen atoms in total. The van der Waals surface area contributed by atoms with Crippen molar-refractivity contribution in [3.63, 3.8) is 0 Å². The lowest BCUT2D eigenvalue weighted by atomic mass is 10.0. The number of nitro groups is 1. The molecule has 0 aliphatic carbocycles. The van der Waals surface area contributed by atoms with Crippen LogP contribution in [0.1, 0.15) is 0 Å². The SMILES string of the molecule is CN1CCN(Nc2ncc3cc(-c4ccccc4[N+](=O)[O-])ccc3n2)CC1. The summed E-state index contributed by atoms with van der Waals surface area (Å²) >= 11 is 0. The van der Waals surface area contributed by atoms with Gasteiger partial charge in [0.1, 0.15) is 0 Å². The summed E-state index contributed by atoms with van der Waals surface area (Å²) in [5.41, 5.74) is 5.51. The van der Waals surface area contributed by atoms with E-state index in [9.17, 15) is 10.1 Å². The quantitative estimate of drug-likeness (QED) is 0.562. The summed E-state index contributed by atoms with van der Waals surface area (Å²) in [5.74, 6) is 0.561. The standard InChI is InChI=1S/C19H20N6O2/c1-23-8-10-24(11-9-23)22-19-20-13-15-12-14(6-7-17(15)21-19)16-4-2-3-5-18(16)25(26)27/h2-7,12-13H,8-11H2,1H3,(H,20,21,22). The van der Waals surface area contributed by atoms with Crippen molar-refractivity contribution >= 4 is 22.5 Å². The Bertz CT molecular complexity index is 985. The fourth-order valence-corrected chi connectivity index (χ4v) is 3.19. The second-order valence-corrected chi connectivity index (χ2v) is 6.64. The van der Waals surface area contributed by atoms with E-state index in [1.807, 2.05) is 18.2 Å². The third kappa shape index (κ3) is 3.71. The largest absolute Gasteiger partial charge is 0.304 e. The van der Waals surface area contributed by atoms with E-state index < -0.39 is 0 Å². The Labute approximate surface area is 156 Å². The molecule has 8 heteroatoms. The third-order valence-corrected chi connectivity index (χ3v) is 4.75. The number of fused-ring (bicyclic) bond motifs is 1. The maximum Gasteiger partial charge on any atom is 0.277 e. The van der Waals surface area contributed by atoms with E-state index in [1.165, 1.54) is 6.07 Å². The molecule has 2 aromatic carbocycles. The first kappa shape index (κ1) is 17.3. The number of likely N-dealkylation sites (N-methyl/N-ethyl adjacent to an activating group) is 1. The average molecular weight is 364 g/mol. The molecule has 138 valence electrons. The first-order chi connectivity index (χ1) is 13.1. The number of para-hydroxylation sites is 1. The van der Waals surface area contributed by atoms with Crippen molar-refractivity contribution < 1.29 is 4.92 Å². The number of hydrogen-bond donors (Lipinski definition) is 1. The van der Waals surface area contributed by atoms with E-state index in [0.29, 0.717) is 11.5 Å².